The molecule has 0 saturated heterocycles. The minimum absolute atomic E-state index is 0.164. The van der Waals surface area contributed by atoms with Gasteiger partial charge < -0.3 is 16.4 Å². The van der Waals surface area contributed by atoms with Gasteiger partial charge in [0.1, 0.15) is 0 Å². The number of benzene rings is 1. The number of hydrogen-bond acceptors (Lipinski definition) is 5. The zero-order valence-corrected chi connectivity index (χ0v) is 11.1. The van der Waals surface area contributed by atoms with Crippen LogP contribution >= 0.6 is 0 Å². The third-order valence-corrected chi connectivity index (χ3v) is 2.83. The minimum atomic E-state index is -0.594. The molecule has 1 heterocycles. The first-order valence-electron chi connectivity index (χ1n) is 6.32. The predicted molar refractivity (Wildman–Crippen MR) is 77.1 cm³/mol. The van der Waals surface area contributed by atoms with E-state index in [0.717, 1.165) is 5.56 Å². The Morgan fingerprint density at radius 2 is 1.85 bits per heavy atom. The number of amides is 1. The molecule has 20 heavy (non-hydrogen) atoms. The quantitative estimate of drug-likeness (QED) is 0.799. The average molecular weight is 271 g/mol. The van der Waals surface area contributed by atoms with E-state index in [1.807, 2.05) is 35.2 Å². The maximum Gasteiger partial charge on any atom is 0.271 e. The molecule has 104 valence electrons. The van der Waals surface area contributed by atoms with Gasteiger partial charge in [-0.1, -0.05) is 30.3 Å². The SMILES string of the molecule is NCCN(Cc1ccccc1)c1nccnc1C(N)=O. The number of aromatic nitrogens is 2. The Kier molecular flexibility index (Phi) is 4.62. The summed E-state index contributed by atoms with van der Waals surface area (Å²) in [7, 11) is 0. The highest BCUT2D eigenvalue weighted by atomic mass is 16.1. The molecule has 0 saturated carbocycles. The van der Waals surface area contributed by atoms with Gasteiger partial charge in [-0.05, 0) is 5.56 Å². The third-order valence-electron chi connectivity index (χ3n) is 2.83. The first kappa shape index (κ1) is 14.0. The first-order chi connectivity index (χ1) is 9.72. The molecule has 0 atom stereocenters. The summed E-state index contributed by atoms with van der Waals surface area (Å²) in [6.45, 7) is 1.60. The molecule has 0 fully saturated rings. The van der Waals surface area contributed by atoms with Crippen molar-refractivity contribution in [1.82, 2.24) is 9.97 Å². The highest BCUT2D eigenvalue weighted by Crippen LogP contribution is 2.17. The summed E-state index contributed by atoms with van der Waals surface area (Å²) in [6.07, 6.45) is 2.99. The Morgan fingerprint density at radius 3 is 2.50 bits per heavy atom. The van der Waals surface area contributed by atoms with E-state index in [0.29, 0.717) is 25.5 Å². The molecule has 0 aliphatic carbocycles. The molecule has 1 aromatic carbocycles. The lowest BCUT2D eigenvalue weighted by Gasteiger charge is -2.24. The summed E-state index contributed by atoms with van der Waals surface area (Å²) in [5.41, 5.74) is 12.2. The molecule has 2 rings (SSSR count). The van der Waals surface area contributed by atoms with Crippen LogP contribution in [0.15, 0.2) is 42.7 Å². The van der Waals surface area contributed by atoms with Crippen LogP contribution in [-0.2, 0) is 6.54 Å². The standard InChI is InChI=1S/C14H17N5O/c15-6-9-19(10-11-4-2-1-3-5-11)14-12(13(16)20)17-7-8-18-14/h1-5,7-8H,6,9-10,15H2,(H2,16,20). The lowest BCUT2D eigenvalue weighted by atomic mass is 10.2. The topological polar surface area (TPSA) is 98.1 Å². The summed E-state index contributed by atoms with van der Waals surface area (Å²) < 4.78 is 0. The van der Waals surface area contributed by atoms with Crippen molar-refractivity contribution in [1.29, 1.82) is 0 Å². The van der Waals surface area contributed by atoms with Crippen molar-refractivity contribution in [3.05, 3.63) is 54.0 Å². The minimum Gasteiger partial charge on any atom is -0.364 e. The monoisotopic (exact) mass is 271 g/mol. The van der Waals surface area contributed by atoms with Gasteiger partial charge in [0.05, 0.1) is 0 Å². The Morgan fingerprint density at radius 1 is 1.15 bits per heavy atom. The molecule has 6 nitrogen and oxygen atoms in total. The molecule has 0 aliphatic heterocycles. The van der Waals surface area contributed by atoms with E-state index in [1.165, 1.54) is 12.4 Å². The molecule has 2 aromatic rings. The number of carbonyl (C=O) groups is 1. The van der Waals surface area contributed by atoms with Crippen LogP contribution in [0, 0.1) is 0 Å². The van der Waals surface area contributed by atoms with E-state index < -0.39 is 5.91 Å². The van der Waals surface area contributed by atoms with Gasteiger partial charge >= 0.3 is 0 Å². The molecule has 1 amide bonds. The maximum atomic E-state index is 11.4. The zero-order valence-electron chi connectivity index (χ0n) is 11.1. The summed E-state index contributed by atoms with van der Waals surface area (Å²) in [5.74, 6) is -0.127. The summed E-state index contributed by atoms with van der Waals surface area (Å²) in [5, 5.41) is 0. The first-order valence-corrected chi connectivity index (χ1v) is 6.32. The molecule has 0 spiro atoms. The van der Waals surface area contributed by atoms with Gasteiger partial charge in [0.25, 0.3) is 5.91 Å². The maximum absolute atomic E-state index is 11.4. The molecule has 6 heteroatoms. The lowest BCUT2D eigenvalue weighted by Crippen LogP contribution is -2.32. The van der Waals surface area contributed by atoms with Crippen molar-refractivity contribution in [2.45, 2.75) is 6.54 Å². The van der Waals surface area contributed by atoms with Crippen molar-refractivity contribution >= 4 is 11.7 Å². The molecule has 0 radical (unpaired) electrons. The Labute approximate surface area is 117 Å². The van der Waals surface area contributed by atoms with E-state index >= 15 is 0 Å². The van der Waals surface area contributed by atoms with E-state index in [2.05, 4.69) is 9.97 Å². The molecule has 0 unspecified atom stereocenters. The fourth-order valence-corrected chi connectivity index (χ4v) is 1.96. The Hall–Kier alpha value is -2.47. The van der Waals surface area contributed by atoms with E-state index in [4.69, 9.17) is 11.5 Å². The molecule has 0 aliphatic rings. The van der Waals surface area contributed by atoms with Crippen molar-refractivity contribution < 1.29 is 4.79 Å². The van der Waals surface area contributed by atoms with Gasteiger partial charge in [0.2, 0.25) is 0 Å². The second kappa shape index (κ2) is 6.63. The van der Waals surface area contributed by atoms with Crippen LogP contribution in [0.1, 0.15) is 16.1 Å². The van der Waals surface area contributed by atoms with E-state index in [9.17, 15) is 4.79 Å². The number of primary amides is 1. The zero-order chi connectivity index (χ0) is 14.4. The normalized spacial score (nSPS) is 10.2. The van der Waals surface area contributed by atoms with Gasteiger partial charge in [-0.15, -0.1) is 0 Å². The number of anilines is 1. The summed E-state index contributed by atoms with van der Waals surface area (Å²) >= 11 is 0. The van der Waals surface area contributed by atoms with Crippen LogP contribution in [-0.4, -0.2) is 29.0 Å². The molecule has 1 aromatic heterocycles. The average Bonchev–Trinajstić information content (AvgIpc) is 2.48. The molecular weight excluding hydrogens is 254 g/mol. The van der Waals surface area contributed by atoms with Crippen LogP contribution in [0.5, 0.6) is 0 Å². The Balaban J connectivity index is 2.31. The fourth-order valence-electron chi connectivity index (χ4n) is 1.96. The van der Waals surface area contributed by atoms with Crippen LogP contribution in [0.3, 0.4) is 0 Å². The van der Waals surface area contributed by atoms with Crippen LogP contribution in [0.4, 0.5) is 5.82 Å². The molecule has 4 N–H and O–H groups in total. The number of carbonyl (C=O) groups excluding carboxylic acids is 1. The number of rotatable bonds is 6. The van der Waals surface area contributed by atoms with Gasteiger partial charge in [0.15, 0.2) is 11.5 Å². The molecule has 0 bridgehead atoms. The van der Waals surface area contributed by atoms with E-state index in [1.54, 1.807) is 0 Å². The lowest BCUT2D eigenvalue weighted by molar-refractivity contribution is 0.0995. The smallest absolute Gasteiger partial charge is 0.271 e. The summed E-state index contributed by atoms with van der Waals surface area (Å²) in [6, 6.07) is 9.88. The number of nitrogens with zero attached hydrogens (tertiary/aromatic N) is 3. The van der Waals surface area contributed by atoms with Crippen LogP contribution < -0.4 is 16.4 Å². The summed E-state index contributed by atoms with van der Waals surface area (Å²) in [4.78, 5) is 21.6. The highest BCUT2D eigenvalue weighted by molar-refractivity contribution is 5.95. The fraction of sp³-hybridized carbons (Fsp3) is 0.214. The van der Waals surface area contributed by atoms with Crippen molar-refractivity contribution in [2.24, 2.45) is 11.5 Å². The van der Waals surface area contributed by atoms with Crippen molar-refractivity contribution in [2.75, 3.05) is 18.0 Å². The van der Waals surface area contributed by atoms with Crippen LogP contribution in [0.2, 0.25) is 0 Å². The number of hydrogen-bond donors (Lipinski definition) is 2. The Bertz CT molecular complexity index is 573. The van der Waals surface area contributed by atoms with Gasteiger partial charge in [0, 0.05) is 32.0 Å². The predicted octanol–water partition coefficient (Wildman–Crippen LogP) is 0.541. The van der Waals surface area contributed by atoms with Crippen molar-refractivity contribution in [3.8, 4) is 0 Å². The van der Waals surface area contributed by atoms with Gasteiger partial charge in [-0.3, -0.25) is 4.79 Å². The largest absolute Gasteiger partial charge is 0.364 e. The van der Waals surface area contributed by atoms with E-state index in [-0.39, 0.29) is 5.69 Å². The van der Waals surface area contributed by atoms with Gasteiger partial charge in [-0.2, -0.15) is 0 Å². The second-order valence-electron chi connectivity index (χ2n) is 4.29. The third kappa shape index (κ3) is 3.30. The highest BCUT2D eigenvalue weighted by Gasteiger charge is 2.17. The molecular formula is C14H17N5O. The van der Waals surface area contributed by atoms with Crippen molar-refractivity contribution in [3.63, 3.8) is 0 Å². The second-order valence-corrected chi connectivity index (χ2v) is 4.29. The van der Waals surface area contributed by atoms with Crippen LogP contribution in [0.25, 0.3) is 0 Å². The number of nitrogens with two attached hydrogens (primary N) is 2. The van der Waals surface area contributed by atoms with Gasteiger partial charge in [-0.25, -0.2) is 9.97 Å².